The first-order chi connectivity index (χ1) is 15.0. The predicted octanol–water partition coefficient (Wildman–Crippen LogP) is -0.732. The topological polar surface area (TPSA) is 147 Å². The lowest BCUT2D eigenvalue weighted by Crippen LogP contribution is -2.39. The second-order valence-electron chi connectivity index (χ2n) is 7.03. The molecular weight excluding hydrogens is 480 g/mol. The fourth-order valence-electron chi connectivity index (χ4n) is 3.06. The second-order valence-corrected chi connectivity index (χ2v) is 8.16. The van der Waals surface area contributed by atoms with Gasteiger partial charge in [-0.1, -0.05) is 48.7 Å². The van der Waals surface area contributed by atoms with Gasteiger partial charge in [-0.25, -0.2) is 9.89 Å². The van der Waals surface area contributed by atoms with Crippen LogP contribution in [0.4, 0.5) is 0 Å². The highest BCUT2D eigenvalue weighted by molar-refractivity contribution is 6.55. The maximum Gasteiger partial charge on any atom is 0.349 e. The van der Waals surface area contributed by atoms with E-state index >= 15 is 0 Å². The summed E-state index contributed by atoms with van der Waals surface area (Å²) < 4.78 is 6.60. The summed E-state index contributed by atoms with van der Waals surface area (Å²) in [6.07, 6.45) is 0. The van der Waals surface area contributed by atoms with Crippen molar-refractivity contribution in [2.75, 3.05) is 0 Å². The lowest BCUT2D eigenvalue weighted by Gasteiger charge is -2.19. The van der Waals surface area contributed by atoms with E-state index in [1.807, 2.05) is 4.98 Å². The Hall–Kier alpha value is -3.00. The van der Waals surface area contributed by atoms with Gasteiger partial charge in [0.15, 0.2) is 5.75 Å². The van der Waals surface area contributed by atoms with E-state index in [1.54, 1.807) is 35.6 Å². The summed E-state index contributed by atoms with van der Waals surface area (Å²) in [7, 11) is 3.14. The molecule has 32 heavy (non-hydrogen) atoms. The molecule has 0 fully saturated rings. The number of ether oxygens (including phenoxy) is 1. The van der Waals surface area contributed by atoms with Crippen molar-refractivity contribution in [2.24, 2.45) is 0 Å². The van der Waals surface area contributed by atoms with Crippen LogP contribution >= 0.6 is 34.8 Å². The average Bonchev–Trinajstić information content (AvgIpc) is 2.72. The van der Waals surface area contributed by atoms with Crippen LogP contribution in [-0.2, 0) is 0 Å². The molecule has 15 heteroatoms. The molecule has 2 N–H and O–H groups in total. The van der Waals surface area contributed by atoms with Gasteiger partial charge in [-0.15, -0.1) is 10.2 Å². The molecule has 1 aromatic carbocycles. The first kappa shape index (κ1) is 23.7. The zero-order valence-corrected chi connectivity index (χ0v) is 19.4. The minimum atomic E-state index is -0.916. The normalized spacial score (nSPS) is 10.9. The number of hydrogen-bond donors (Lipinski definition) is 2. The molecule has 2 heterocycles. The minimum absolute atomic E-state index is 0.00386. The van der Waals surface area contributed by atoms with Crippen molar-refractivity contribution in [1.29, 1.82) is 5.26 Å². The number of benzene rings is 1. The maximum absolute atomic E-state index is 12.3. The Labute approximate surface area is 196 Å². The molecule has 0 spiro atoms. The Morgan fingerprint density at radius 3 is 2.19 bits per heavy atom. The van der Waals surface area contributed by atoms with E-state index in [-0.39, 0.29) is 43.9 Å². The van der Waals surface area contributed by atoms with Crippen LogP contribution in [0.5, 0.6) is 11.6 Å². The second kappa shape index (κ2) is 8.86. The first-order valence-corrected chi connectivity index (χ1v) is 10.2. The van der Waals surface area contributed by atoms with E-state index in [9.17, 15) is 14.4 Å². The highest BCUT2D eigenvalue weighted by atomic mass is 35.5. The van der Waals surface area contributed by atoms with Crippen LogP contribution < -0.4 is 32.5 Å². The molecule has 3 aromatic rings. The van der Waals surface area contributed by atoms with Crippen molar-refractivity contribution in [1.82, 2.24) is 25.0 Å². The van der Waals surface area contributed by atoms with Crippen molar-refractivity contribution in [3.05, 3.63) is 57.5 Å². The molecule has 0 amide bonds. The molecular formula is C17H13B2Cl3N6O4. The third-order valence-corrected chi connectivity index (χ3v) is 5.89. The van der Waals surface area contributed by atoms with E-state index in [0.29, 0.717) is 10.9 Å². The Morgan fingerprint density at radius 1 is 1.06 bits per heavy atom. The Morgan fingerprint density at radius 2 is 1.66 bits per heavy atom. The molecule has 0 aliphatic rings. The van der Waals surface area contributed by atoms with Crippen molar-refractivity contribution in [3.8, 4) is 23.4 Å². The molecule has 0 bridgehead atoms. The van der Waals surface area contributed by atoms with E-state index in [4.69, 9.17) is 44.8 Å². The fraction of sp³-hybridized carbons (Fsp3) is 0.176. The summed E-state index contributed by atoms with van der Waals surface area (Å²) in [6, 6.07) is 1.61. The molecule has 0 atom stereocenters. The van der Waals surface area contributed by atoms with Gasteiger partial charge in [0.2, 0.25) is 5.69 Å². The average molecular weight is 493 g/mol. The lowest BCUT2D eigenvalue weighted by molar-refractivity contribution is 0.453. The number of nitrogens with one attached hydrogen (secondary N) is 2. The van der Waals surface area contributed by atoms with Crippen molar-refractivity contribution in [2.45, 2.75) is 19.8 Å². The van der Waals surface area contributed by atoms with Crippen LogP contribution in [-0.4, -0.2) is 40.7 Å². The number of aromatic nitrogens is 5. The maximum atomic E-state index is 12.3. The molecule has 0 saturated carbocycles. The number of nitriles is 1. The highest BCUT2D eigenvalue weighted by Crippen LogP contribution is 2.37. The highest BCUT2D eigenvalue weighted by Gasteiger charge is 2.24. The van der Waals surface area contributed by atoms with E-state index in [1.165, 1.54) is 0 Å². The summed E-state index contributed by atoms with van der Waals surface area (Å²) >= 11 is 19.3. The van der Waals surface area contributed by atoms with Gasteiger partial charge in [0, 0.05) is 5.56 Å². The minimum Gasteiger partial charge on any atom is -0.433 e. The molecule has 162 valence electrons. The smallest absolute Gasteiger partial charge is 0.349 e. The van der Waals surface area contributed by atoms with Crippen molar-refractivity contribution in [3.63, 3.8) is 0 Å². The summed E-state index contributed by atoms with van der Waals surface area (Å²) in [6.45, 7) is 3.57. The standard InChI is InChI=1S/C17H13B2Cl3N6O4/c1-4(2)6-9(20)16(26-25-15(6)30)32-13-10(21)7(18)12(8(19)11(13)22)28-17(31)24-14(29)5(3-23)27-28/h4H,18-19H2,1-2H3,(H,25,30)(H,24,29,31). The largest absolute Gasteiger partial charge is 0.433 e. The van der Waals surface area contributed by atoms with Gasteiger partial charge < -0.3 is 4.74 Å². The summed E-state index contributed by atoms with van der Waals surface area (Å²) in [5.41, 5.74) is -1.68. The number of rotatable bonds is 4. The van der Waals surface area contributed by atoms with Crippen LogP contribution in [0.2, 0.25) is 15.1 Å². The number of H-pyrrole nitrogens is 2. The third kappa shape index (κ3) is 3.95. The SMILES string of the molecule is Bc1c(Cl)c(Oc2n[nH]c(=O)c(C(C)C)c2Cl)c(Cl)c(B)c1-n1nc(C#N)c(=O)[nH]c1=O. The molecule has 0 aliphatic heterocycles. The zero-order valence-electron chi connectivity index (χ0n) is 17.1. The molecule has 2 aromatic heterocycles. The van der Waals surface area contributed by atoms with Gasteiger partial charge in [-0.05, 0) is 16.8 Å². The molecule has 3 rings (SSSR count). The summed E-state index contributed by atoms with van der Waals surface area (Å²) in [5, 5.41) is 19.0. The van der Waals surface area contributed by atoms with E-state index in [2.05, 4.69) is 15.3 Å². The molecule has 10 nitrogen and oxygen atoms in total. The predicted molar refractivity (Wildman–Crippen MR) is 126 cm³/mol. The monoisotopic (exact) mass is 492 g/mol. The van der Waals surface area contributed by atoms with Crippen LogP contribution in [0, 0.1) is 11.3 Å². The van der Waals surface area contributed by atoms with E-state index < -0.39 is 22.5 Å². The number of aromatic amines is 2. The summed E-state index contributed by atoms with van der Waals surface area (Å²) in [4.78, 5) is 38.1. The van der Waals surface area contributed by atoms with Crippen LogP contribution in [0.3, 0.4) is 0 Å². The Balaban J connectivity index is 2.24. The van der Waals surface area contributed by atoms with Gasteiger partial charge in [0.05, 0.1) is 15.7 Å². The number of nitrogens with zero attached hydrogens (tertiary/aromatic N) is 4. The lowest BCUT2D eigenvalue weighted by atomic mass is 9.84. The van der Waals surface area contributed by atoms with E-state index in [0.717, 1.165) is 4.68 Å². The fourth-order valence-corrected chi connectivity index (χ4v) is 3.94. The zero-order chi connectivity index (χ0) is 23.9. The molecule has 0 saturated heterocycles. The number of hydrogen-bond acceptors (Lipinski definition) is 7. The Bertz CT molecular complexity index is 1450. The van der Waals surface area contributed by atoms with Gasteiger partial charge in [-0.3, -0.25) is 14.6 Å². The Kier molecular flexibility index (Phi) is 6.55. The van der Waals surface area contributed by atoms with Crippen molar-refractivity contribution >= 4 is 61.4 Å². The van der Waals surface area contributed by atoms with Gasteiger partial charge in [0.25, 0.3) is 17.0 Å². The summed E-state index contributed by atoms with van der Waals surface area (Å²) in [5.74, 6) is -0.335. The third-order valence-electron chi connectivity index (χ3n) is 4.62. The molecule has 0 aliphatic carbocycles. The van der Waals surface area contributed by atoms with Gasteiger partial charge >= 0.3 is 5.69 Å². The van der Waals surface area contributed by atoms with Crippen LogP contribution in [0.15, 0.2) is 14.4 Å². The molecule has 0 radical (unpaired) electrons. The molecule has 0 unspecified atom stereocenters. The van der Waals surface area contributed by atoms with Crippen LogP contribution in [0.25, 0.3) is 5.69 Å². The number of halogens is 3. The first-order valence-electron chi connectivity index (χ1n) is 9.07. The van der Waals surface area contributed by atoms with Crippen molar-refractivity contribution < 1.29 is 4.74 Å². The van der Waals surface area contributed by atoms with Crippen LogP contribution in [0.1, 0.15) is 31.0 Å². The van der Waals surface area contributed by atoms with Gasteiger partial charge in [0.1, 0.15) is 26.8 Å². The quantitative estimate of drug-likeness (QED) is 0.456. The van der Waals surface area contributed by atoms with Gasteiger partial charge in [-0.2, -0.15) is 9.94 Å².